The van der Waals surface area contributed by atoms with Crippen molar-refractivity contribution in [2.45, 2.75) is 18.1 Å². The van der Waals surface area contributed by atoms with Gasteiger partial charge in [-0.2, -0.15) is 0 Å². The van der Waals surface area contributed by atoms with Gasteiger partial charge in [0.05, 0.1) is 0 Å². The number of hydrogen-bond donors (Lipinski definition) is 2. The fourth-order valence-corrected chi connectivity index (χ4v) is 3.46. The van der Waals surface area contributed by atoms with Crippen LogP contribution in [-0.4, -0.2) is 28.8 Å². The summed E-state index contributed by atoms with van der Waals surface area (Å²) in [6.45, 7) is 0.571. The normalized spacial score (nSPS) is 18.0. The molecule has 0 saturated carbocycles. The van der Waals surface area contributed by atoms with Crippen LogP contribution in [0.4, 0.5) is 10.1 Å². The molecule has 1 aliphatic heterocycles. The number of aliphatic imine (C=N–C) groups is 1. The Morgan fingerprint density at radius 3 is 2.62 bits per heavy atom. The third-order valence-electron chi connectivity index (χ3n) is 3.77. The van der Waals surface area contributed by atoms with Crippen molar-refractivity contribution in [1.82, 2.24) is 5.32 Å². The van der Waals surface area contributed by atoms with Gasteiger partial charge in [-0.3, -0.25) is 14.6 Å². The van der Waals surface area contributed by atoms with E-state index in [1.165, 1.54) is 41.6 Å². The van der Waals surface area contributed by atoms with Gasteiger partial charge in [-0.05, 0) is 36.2 Å². The molecular formula is C19H18FN3O2S. The molecule has 0 bridgehead atoms. The van der Waals surface area contributed by atoms with E-state index in [0.29, 0.717) is 17.4 Å². The standard InChI is InChI=1S/C19H18FN3O2S/c20-14-6-8-15(9-7-14)22-17(24)12-16-18(25)23-19(26-16)21-11-10-13-4-2-1-3-5-13/h1-9,16H,10-12H2,(H,22,24)(H,21,23,25). The lowest BCUT2D eigenvalue weighted by Crippen LogP contribution is -2.28. The molecule has 2 N–H and O–H groups in total. The molecule has 2 aromatic rings. The lowest BCUT2D eigenvalue weighted by Gasteiger charge is -2.07. The lowest BCUT2D eigenvalue weighted by molar-refractivity contribution is -0.122. The van der Waals surface area contributed by atoms with Crippen molar-refractivity contribution < 1.29 is 14.0 Å². The van der Waals surface area contributed by atoms with Gasteiger partial charge in [-0.1, -0.05) is 42.1 Å². The van der Waals surface area contributed by atoms with Gasteiger partial charge < -0.3 is 10.6 Å². The monoisotopic (exact) mass is 371 g/mol. The van der Waals surface area contributed by atoms with Crippen LogP contribution in [0.25, 0.3) is 0 Å². The number of benzene rings is 2. The van der Waals surface area contributed by atoms with Gasteiger partial charge in [-0.25, -0.2) is 4.39 Å². The van der Waals surface area contributed by atoms with E-state index in [9.17, 15) is 14.0 Å². The number of anilines is 1. The first-order valence-corrected chi connectivity index (χ1v) is 9.09. The zero-order chi connectivity index (χ0) is 18.4. The van der Waals surface area contributed by atoms with E-state index in [2.05, 4.69) is 15.6 Å². The molecule has 3 rings (SSSR count). The predicted octanol–water partition coefficient (Wildman–Crippen LogP) is 2.98. The summed E-state index contributed by atoms with van der Waals surface area (Å²) >= 11 is 1.26. The van der Waals surface area contributed by atoms with Crippen molar-refractivity contribution in [2.24, 2.45) is 4.99 Å². The van der Waals surface area contributed by atoms with E-state index >= 15 is 0 Å². The van der Waals surface area contributed by atoms with Crippen molar-refractivity contribution in [2.75, 3.05) is 11.9 Å². The topological polar surface area (TPSA) is 70.6 Å². The Labute approximate surface area is 155 Å². The maximum Gasteiger partial charge on any atom is 0.240 e. The zero-order valence-electron chi connectivity index (χ0n) is 13.9. The van der Waals surface area contributed by atoms with Crippen LogP contribution in [-0.2, 0) is 16.0 Å². The minimum absolute atomic E-state index is 0.0333. The number of thioether (sulfide) groups is 1. The molecule has 26 heavy (non-hydrogen) atoms. The van der Waals surface area contributed by atoms with Crippen LogP contribution >= 0.6 is 11.8 Å². The van der Waals surface area contributed by atoms with Crippen LogP contribution in [0.3, 0.4) is 0 Å². The number of amides is 2. The summed E-state index contributed by atoms with van der Waals surface area (Å²) in [4.78, 5) is 28.5. The molecule has 1 fully saturated rings. The molecule has 7 heteroatoms. The Balaban J connectivity index is 1.48. The van der Waals surface area contributed by atoms with Crippen molar-refractivity contribution in [3.05, 3.63) is 66.0 Å². The predicted molar refractivity (Wildman–Crippen MR) is 102 cm³/mol. The highest BCUT2D eigenvalue weighted by Crippen LogP contribution is 2.23. The molecule has 0 aromatic heterocycles. The molecule has 1 heterocycles. The third kappa shape index (κ3) is 5.16. The van der Waals surface area contributed by atoms with E-state index in [0.717, 1.165) is 6.42 Å². The molecule has 1 unspecified atom stereocenters. The second kappa shape index (κ2) is 8.62. The summed E-state index contributed by atoms with van der Waals surface area (Å²) < 4.78 is 12.9. The van der Waals surface area contributed by atoms with Crippen LogP contribution in [0, 0.1) is 5.82 Å². The zero-order valence-corrected chi connectivity index (χ0v) is 14.8. The van der Waals surface area contributed by atoms with E-state index in [-0.39, 0.29) is 24.1 Å². The Hall–Kier alpha value is -2.67. The second-order valence-corrected chi connectivity index (χ2v) is 6.97. The summed E-state index contributed by atoms with van der Waals surface area (Å²) in [5.74, 6) is -0.886. The highest BCUT2D eigenvalue weighted by atomic mass is 32.2. The number of amidine groups is 1. The summed E-state index contributed by atoms with van der Waals surface area (Å²) in [5, 5.41) is 5.41. The summed E-state index contributed by atoms with van der Waals surface area (Å²) in [5.41, 5.74) is 1.68. The molecule has 134 valence electrons. The van der Waals surface area contributed by atoms with E-state index < -0.39 is 5.25 Å². The molecule has 0 radical (unpaired) electrons. The van der Waals surface area contributed by atoms with Gasteiger partial charge >= 0.3 is 0 Å². The van der Waals surface area contributed by atoms with Crippen molar-refractivity contribution >= 4 is 34.4 Å². The maximum atomic E-state index is 12.9. The largest absolute Gasteiger partial charge is 0.326 e. The fraction of sp³-hybridized carbons (Fsp3) is 0.211. The molecule has 2 aromatic carbocycles. The first kappa shape index (κ1) is 18.1. The van der Waals surface area contributed by atoms with Crippen LogP contribution < -0.4 is 10.6 Å². The highest BCUT2D eigenvalue weighted by molar-refractivity contribution is 8.15. The van der Waals surface area contributed by atoms with Gasteiger partial charge in [0.25, 0.3) is 0 Å². The van der Waals surface area contributed by atoms with Crippen LogP contribution in [0.1, 0.15) is 12.0 Å². The van der Waals surface area contributed by atoms with Gasteiger partial charge in [0, 0.05) is 18.7 Å². The van der Waals surface area contributed by atoms with E-state index in [1.807, 2.05) is 30.3 Å². The number of hydrogen-bond acceptors (Lipinski definition) is 4. The SMILES string of the molecule is O=C(CC1SC(=NCCc2ccccc2)NC1=O)Nc1ccc(F)cc1. The molecule has 1 aliphatic rings. The van der Waals surface area contributed by atoms with Gasteiger partial charge in [0.15, 0.2) is 5.17 Å². The van der Waals surface area contributed by atoms with Gasteiger partial charge in [-0.15, -0.1) is 0 Å². The molecular weight excluding hydrogens is 353 g/mol. The Morgan fingerprint density at radius 2 is 1.88 bits per heavy atom. The Morgan fingerprint density at radius 1 is 1.15 bits per heavy atom. The number of rotatable bonds is 6. The van der Waals surface area contributed by atoms with E-state index in [1.54, 1.807) is 0 Å². The Bertz CT molecular complexity index is 809. The lowest BCUT2D eigenvalue weighted by atomic mass is 10.2. The van der Waals surface area contributed by atoms with Crippen molar-refractivity contribution in [1.29, 1.82) is 0 Å². The number of carbonyl (C=O) groups excluding carboxylic acids is 2. The van der Waals surface area contributed by atoms with Gasteiger partial charge in [0.1, 0.15) is 11.1 Å². The molecule has 2 amide bonds. The summed E-state index contributed by atoms with van der Waals surface area (Å²) in [6, 6.07) is 15.5. The van der Waals surface area contributed by atoms with Crippen molar-refractivity contribution in [3.63, 3.8) is 0 Å². The smallest absolute Gasteiger partial charge is 0.240 e. The number of nitrogens with one attached hydrogen (secondary N) is 2. The van der Waals surface area contributed by atoms with E-state index in [4.69, 9.17) is 0 Å². The summed E-state index contributed by atoms with van der Waals surface area (Å²) in [6.07, 6.45) is 0.821. The Kier molecular flexibility index (Phi) is 6.01. The molecule has 5 nitrogen and oxygen atoms in total. The number of nitrogens with zero attached hydrogens (tertiary/aromatic N) is 1. The van der Waals surface area contributed by atoms with Gasteiger partial charge in [0.2, 0.25) is 11.8 Å². The highest BCUT2D eigenvalue weighted by Gasteiger charge is 2.31. The van der Waals surface area contributed by atoms with Crippen molar-refractivity contribution in [3.8, 4) is 0 Å². The maximum absolute atomic E-state index is 12.9. The molecule has 0 aliphatic carbocycles. The fourth-order valence-electron chi connectivity index (χ4n) is 2.46. The first-order chi connectivity index (χ1) is 12.6. The second-order valence-electron chi connectivity index (χ2n) is 5.78. The molecule has 0 spiro atoms. The van der Waals surface area contributed by atoms with Crippen LogP contribution in [0.2, 0.25) is 0 Å². The number of halogens is 1. The number of carbonyl (C=O) groups is 2. The van der Waals surface area contributed by atoms with Crippen LogP contribution in [0.5, 0.6) is 0 Å². The summed E-state index contributed by atoms with van der Waals surface area (Å²) in [7, 11) is 0. The minimum atomic E-state index is -0.508. The molecule has 1 saturated heterocycles. The average molecular weight is 371 g/mol. The van der Waals surface area contributed by atoms with Crippen LogP contribution in [0.15, 0.2) is 59.6 Å². The first-order valence-electron chi connectivity index (χ1n) is 8.21. The third-order valence-corrected chi connectivity index (χ3v) is 4.89. The minimum Gasteiger partial charge on any atom is -0.326 e. The average Bonchev–Trinajstić information content (AvgIpc) is 2.97. The molecule has 1 atom stereocenters. The quantitative estimate of drug-likeness (QED) is 0.820.